The van der Waals surface area contributed by atoms with Crippen molar-refractivity contribution in [3.63, 3.8) is 0 Å². The molecule has 0 aromatic rings. The topological polar surface area (TPSA) is 12.0 Å². The van der Waals surface area contributed by atoms with E-state index in [1.807, 2.05) is 0 Å². The summed E-state index contributed by atoms with van der Waals surface area (Å²) < 4.78 is 0. The van der Waals surface area contributed by atoms with Crippen molar-refractivity contribution < 1.29 is 0 Å². The molecule has 1 N–H and O–H groups in total. The molecule has 0 amide bonds. The summed E-state index contributed by atoms with van der Waals surface area (Å²) in [7, 11) is 0. The standard InChI is InChI=1S/C9H17N/c1-8-7-9(3-2-4-9)5-6-10-8/h8,10H,2-7H2,1H3/t8-/m0/s1. The van der Waals surface area contributed by atoms with Gasteiger partial charge in [0.2, 0.25) is 0 Å². The Hall–Kier alpha value is -0.0400. The Morgan fingerprint density at radius 1 is 1.30 bits per heavy atom. The molecule has 58 valence electrons. The van der Waals surface area contributed by atoms with Crippen molar-refractivity contribution in [1.29, 1.82) is 0 Å². The first kappa shape index (κ1) is 6.66. The molecular formula is C9H17N. The van der Waals surface area contributed by atoms with Crippen LogP contribution in [0.5, 0.6) is 0 Å². The predicted molar refractivity (Wildman–Crippen MR) is 43.0 cm³/mol. The lowest BCUT2D eigenvalue weighted by Gasteiger charge is -2.47. The zero-order valence-corrected chi connectivity index (χ0v) is 6.82. The highest BCUT2D eigenvalue weighted by molar-refractivity contribution is 4.93. The van der Waals surface area contributed by atoms with Gasteiger partial charge in [0.25, 0.3) is 0 Å². The zero-order chi connectivity index (χ0) is 7.03. The van der Waals surface area contributed by atoms with E-state index in [0.717, 1.165) is 11.5 Å². The van der Waals surface area contributed by atoms with Gasteiger partial charge < -0.3 is 5.32 Å². The maximum Gasteiger partial charge on any atom is 0.00440 e. The van der Waals surface area contributed by atoms with Gasteiger partial charge in [0.15, 0.2) is 0 Å². The predicted octanol–water partition coefficient (Wildman–Crippen LogP) is 1.93. The van der Waals surface area contributed by atoms with E-state index in [1.165, 1.54) is 38.6 Å². The number of hydrogen-bond acceptors (Lipinski definition) is 1. The maximum absolute atomic E-state index is 3.51. The summed E-state index contributed by atoms with van der Waals surface area (Å²) in [5.41, 5.74) is 0.810. The second-order valence-corrected chi connectivity index (χ2v) is 4.16. The van der Waals surface area contributed by atoms with E-state index < -0.39 is 0 Å². The molecule has 0 aromatic carbocycles. The van der Waals surface area contributed by atoms with E-state index in [2.05, 4.69) is 12.2 Å². The van der Waals surface area contributed by atoms with Gasteiger partial charge in [0, 0.05) is 6.04 Å². The first-order valence-electron chi connectivity index (χ1n) is 4.54. The van der Waals surface area contributed by atoms with Crippen LogP contribution in [-0.4, -0.2) is 12.6 Å². The molecule has 1 aliphatic heterocycles. The molecule has 2 fully saturated rings. The van der Waals surface area contributed by atoms with Crippen molar-refractivity contribution in [1.82, 2.24) is 5.32 Å². The molecule has 0 radical (unpaired) electrons. The Labute approximate surface area is 63.2 Å². The van der Waals surface area contributed by atoms with Gasteiger partial charge in [-0.05, 0) is 44.6 Å². The first-order chi connectivity index (χ1) is 4.81. The van der Waals surface area contributed by atoms with Gasteiger partial charge in [-0.25, -0.2) is 0 Å². The third-order valence-electron chi connectivity index (χ3n) is 3.30. The minimum Gasteiger partial charge on any atom is -0.314 e. The molecule has 1 atom stereocenters. The van der Waals surface area contributed by atoms with E-state index in [9.17, 15) is 0 Å². The fourth-order valence-electron chi connectivity index (χ4n) is 2.54. The van der Waals surface area contributed by atoms with Crippen LogP contribution < -0.4 is 5.32 Å². The van der Waals surface area contributed by atoms with Gasteiger partial charge in [-0.15, -0.1) is 0 Å². The quantitative estimate of drug-likeness (QED) is 0.540. The minimum absolute atomic E-state index is 0.786. The molecule has 0 bridgehead atoms. The lowest BCUT2D eigenvalue weighted by molar-refractivity contribution is 0.0674. The Bertz CT molecular complexity index is 127. The molecule has 1 spiro atoms. The van der Waals surface area contributed by atoms with Crippen molar-refractivity contribution in [3.05, 3.63) is 0 Å². The summed E-state index contributed by atoms with van der Waals surface area (Å²) >= 11 is 0. The summed E-state index contributed by atoms with van der Waals surface area (Å²) in [5, 5.41) is 3.51. The van der Waals surface area contributed by atoms with E-state index in [1.54, 1.807) is 0 Å². The highest BCUT2D eigenvalue weighted by Gasteiger charge is 2.39. The van der Waals surface area contributed by atoms with Crippen LogP contribution in [0.3, 0.4) is 0 Å². The summed E-state index contributed by atoms with van der Waals surface area (Å²) in [6.07, 6.45) is 7.40. The molecule has 10 heavy (non-hydrogen) atoms. The smallest absolute Gasteiger partial charge is 0.00440 e. The van der Waals surface area contributed by atoms with Gasteiger partial charge in [-0.3, -0.25) is 0 Å². The van der Waals surface area contributed by atoms with Gasteiger partial charge in [-0.2, -0.15) is 0 Å². The lowest BCUT2D eigenvalue weighted by atomic mass is 9.62. The molecule has 1 aliphatic carbocycles. The molecule has 1 saturated carbocycles. The molecule has 2 aliphatic rings. The van der Waals surface area contributed by atoms with Crippen LogP contribution in [0.15, 0.2) is 0 Å². The van der Waals surface area contributed by atoms with Crippen LogP contribution in [0, 0.1) is 5.41 Å². The summed E-state index contributed by atoms with van der Waals surface area (Å²) in [6.45, 7) is 3.58. The van der Waals surface area contributed by atoms with Crippen LogP contribution in [0.4, 0.5) is 0 Å². The summed E-state index contributed by atoms with van der Waals surface area (Å²) in [6, 6.07) is 0.786. The second-order valence-electron chi connectivity index (χ2n) is 4.16. The average Bonchev–Trinajstić information content (AvgIpc) is 1.85. The fraction of sp³-hybridized carbons (Fsp3) is 1.00. The highest BCUT2D eigenvalue weighted by atomic mass is 14.9. The van der Waals surface area contributed by atoms with E-state index in [4.69, 9.17) is 0 Å². The molecule has 1 nitrogen and oxygen atoms in total. The van der Waals surface area contributed by atoms with Crippen molar-refractivity contribution in [3.8, 4) is 0 Å². The Balaban J connectivity index is 1.96. The molecule has 2 rings (SSSR count). The molecule has 1 saturated heterocycles. The van der Waals surface area contributed by atoms with Crippen LogP contribution in [-0.2, 0) is 0 Å². The zero-order valence-electron chi connectivity index (χ0n) is 6.82. The van der Waals surface area contributed by atoms with Crippen molar-refractivity contribution in [2.45, 2.75) is 45.1 Å². The normalized spacial score (nSPS) is 37.5. The molecule has 1 heterocycles. The minimum atomic E-state index is 0.786. The maximum atomic E-state index is 3.51. The van der Waals surface area contributed by atoms with Crippen LogP contribution in [0.1, 0.15) is 39.0 Å². The Morgan fingerprint density at radius 3 is 2.50 bits per heavy atom. The van der Waals surface area contributed by atoms with Crippen molar-refractivity contribution in [2.75, 3.05) is 6.54 Å². The number of nitrogens with one attached hydrogen (secondary N) is 1. The highest BCUT2D eigenvalue weighted by Crippen LogP contribution is 2.48. The molecule has 0 aromatic heterocycles. The molecule has 1 heteroatoms. The Kier molecular flexibility index (Phi) is 1.48. The van der Waals surface area contributed by atoms with Crippen LogP contribution in [0.2, 0.25) is 0 Å². The first-order valence-corrected chi connectivity index (χ1v) is 4.54. The summed E-state index contributed by atoms with van der Waals surface area (Å²) in [4.78, 5) is 0. The largest absolute Gasteiger partial charge is 0.314 e. The average molecular weight is 139 g/mol. The number of hydrogen-bond donors (Lipinski definition) is 1. The number of rotatable bonds is 0. The van der Waals surface area contributed by atoms with E-state index in [0.29, 0.717) is 0 Å². The fourth-order valence-corrected chi connectivity index (χ4v) is 2.54. The van der Waals surface area contributed by atoms with Crippen molar-refractivity contribution >= 4 is 0 Å². The van der Waals surface area contributed by atoms with Gasteiger partial charge in [-0.1, -0.05) is 6.42 Å². The van der Waals surface area contributed by atoms with E-state index in [-0.39, 0.29) is 0 Å². The SMILES string of the molecule is C[C@H]1CC2(CCC2)CCN1. The van der Waals surface area contributed by atoms with Crippen LogP contribution >= 0.6 is 0 Å². The van der Waals surface area contributed by atoms with E-state index >= 15 is 0 Å². The van der Waals surface area contributed by atoms with Crippen molar-refractivity contribution in [2.24, 2.45) is 5.41 Å². The molecule has 0 unspecified atom stereocenters. The molecular weight excluding hydrogens is 122 g/mol. The van der Waals surface area contributed by atoms with Gasteiger partial charge in [0.05, 0.1) is 0 Å². The van der Waals surface area contributed by atoms with Crippen LogP contribution in [0.25, 0.3) is 0 Å². The summed E-state index contributed by atoms with van der Waals surface area (Å²) in [5.74, 6) is 0. The monoisotopic (exact) mass is 139 g/mol. The second kappa shape index (κ2) is 2.23. The van der Waals surface area contributed by atoms with Gasteiger partial charge in [0.1, 0.15) is 0 Å². The Morgan fingerprint density at radius 2 is 2.10 bits per heavy atom. The third-order valence-corrected chi connectivity index (χ3v) is 3.30. The van der Waals surface area contributed by atoms with Gasteiger partial charge >= 0.3 is 0 Å². The third kappa shape index (κ3) is 0.968. The lowest BCUT2D eigenvalue weighted by Crippen LogP contribution is -2.45. The number of piperidine rings is 1.